The zero-order chi connectivity index (χ0) is 21.6. The molecule has 0 heteroatoms. The van der Waals surface area contributed by atoms with Crippen LogP contribution < -0.4 is 0 Å². The molecule has 0 N–H and O–H groups in total. The van der Waals surface area contributed by atoms with Gasteiger partial charge in [-0.3, -0.25) is 0 Å². The fourth-order valence-electron chi connectivity index (χ4n) is 9.04. The SMILES string of the molecule is CCCCCCC12CCC(C3CCC(C4CCC(CCCCC)CC4)CC3)(CC1)CC2. The van der Waals surface area contributed by atoms with Crippen molar-refractivity contribution < 1.29 is 0 Å². The fraction of sp³-hybridized carbons (Fsp3) is 1.00. The van der Waals surface area contributed by atoms with Crippen LogP contribution in [0, 0.1) is 34.5 Å². The van der Waals surface area contributed by atoms with E-state index >= 15 is 0 Å². The standard InChI is InChI=1S/C31H56/c1-3-5-7-9-19-30-20-23-31(24-21-30,25-22-30)29-17-15-28(16-18-29)27-13-11-26(12-14-27)10-8-6-4-2/h26-29H,3-25H2,1-2H3. The van der Waals surface area contributed by atoms with Gasteiger partial charge in [-0.15, -0.1) is 0 Å². The Morgan fingerprint density at radius 2 is 1.10 bits per heavy atom. The van der Waals surface area contributed by atoms with E-state index in [9.17, 15) is 0 Å². The van der Waals surface area contributed by atoms with Crippen LogP contribution in [0.2, 0.25) is 0 Å². The molecule has 0 aliphatic heterocycles. The summed E-state index contributed by atoms with van der Waals surface area (Å²) in [5.41, 5.74) is 1.59. The van der Waals surface area contributed by atoms with E-state index in [1.807, 2.05) is 0 Å². The van der Waals surface area contributed by atoms with Gasteiger partial charge in [0, 0.05) is 0 Å². The van der Waals surface area contributed by atoms with Crippen LogP contribution in [0.3, 0.4) is 0 Å². The van der Waals surface area contributed by atoms with Crippen molar-refractivity contribution in [2.24, 2.45) is 34.5 Å². The zero-order valence-corrected chi connectivity index (χ0v) is 21.6. The second-order valence-electron chi connectivity index (χ2n) is 13.1. The van der Waals surface area contributed by atoms with Crippen LogP contribution in [-0.4, -0.2) is 0 Å². The summed E-state index contributed by atoms with van der Waals surface area (Å²) in [4.78, 5) is 0. The van der Waals surface area contributed by atoms with Crippen molar-refractivity contribution in [1.29, 1.82) is 0 Å². The second kappa shape index (κ2) is 11.4. The quantitative estimate of drug-likeness (QED) is 0.287. The van der Waals surface area contributed by atoms with E-state index in [4.69, 9.17) is 0 Å². The Labute approximate surface area is 196 Å². The van der Waals surface area contributed by atoms with Gasteiger partial charge in [-0.05, 0) is 118 Å². The summed E-state index contributed by atoms with van der Waals surface area (Å²) >= 11 is 0. The minimum Gasteiger partial charge on any atom is -0.0654 e. The molecular formula is C31H56. The number of hydrogen-bond acceptors (Lipinski definition) is 0. The Morgan fingerprint density at radius 3 is 1.68 bits per heavy atom. The Hall–Kier alpha value is 0. The normalized spacial score (nSPS) is 40.8. The first kappa shape index (κ1) is 24.1. The molecule has 5 saturated carbocycles. The van der Waals surface area contributed by atoms with Gasteiger partial charge >= 0.3 is 0 Å². The molecule has 31 heavy (non-hydrogen) atoms. The topological polar surface area (TPSA) is 0 Å². The molecule has 0 aromatic rings. The lowest BCUT2D eigenvalue weighted by Crippen LogP contribution is -2.46. The van der Waals surface area contributed by atoms with Crippen molar-refractivity contribution in [2.45, 2.75) is 162 Å². The molecular weight excluding hydrogens is 372 g/mol. The van der Waals surface area contributed by atoms with Crippen molar-refractivity contribution in [1.82, 2.24) is 0 Å². The van der Waals surface area contributed by atoms with E-state index in [1.54, 1.807) is 96.3 Å². The third-order valence-electron chi connectivity index (χ3n) is 11.4. The van der Waals surface area contributed by atoms with Crippen LogP contribution in [0.25, 0.3) is 0 Å². The summed E-state index contributed by atoms with van der Waals surface area (Å²) in [6.07, 6.45) is 35.6. The maximum absolute atomic E-state index is 2.35. The van der Waals surface area contributed by atoms with E-state index in [0.717, 1.165) is 34.5 Å². The Balaban J connectivity index is 1.17. The maximum Gasteiger partial charge on any atom is -0.0269 e. The molecule has 0 unspecified atom stereocenters. The molecule has 180 valence electrons. The number of unbranched alkanes of at least 4 members (excludes halogenated alkanes) is 5. The molecule has 5 rings (SSSR count). The fourth-order valence-corrected chi connectivity index (χ4v) is 9.04. The number of hydrogen-bond donors (Lipinski definition) is 0. The molecule has 0 saturated heterocycles. The Morgan fingerprint density at radius 1 is 0.548 bits per heavy atom. The van der Waals surface area contributed by atoms with Crippen molar-refractivity contribution in [3.05, 3.63) is 0 Å². The van der Waals surface area contributed by atoms with Crippen LogP contribution in [0.15, 0.2) is 0 Å². The van der Waals surface area contributed by atoms with Crippen molar-refractivity contribution >= 4 is 0 Å². The zero-order valence-electron chi connectivity index (χ0n) is 21.6. The molecule has 0 aromatic carbocycles. The minimum absolute atomic E-state index is 0.794. The lowest BCUT2D eigenvalue weighted by molar-refractivity contribution is -0.0680. The van der Waals surface area contributed by atoms with Gasteiger partial charge in [0.1, 0.15) is 0 Å². The summed E-state index contributed by atoms with van der Waals surface area (Å²) in [6, 6.07) is 0. The number of rotatable bonds is 11. The molecule has 0 nitrogen and oxygen atoms in total. The van der Waals surface area contributed by atoms with Gasteiger partial charge in [-0.2, -0.15) is 0 Å². The lowest BCUT2D eigenvalue weighted by atomic mass is 9.47. The Bertz CT molecular complexity index is 478. The summed E-state index contributed by atoms with van der Waals surface area (Å²) < 4.78 is 0. The van der Waals surface area contributed by atoms with Crippen LogP contribution in [0.5, 0.6) is 0 Å². The maximum atomic E-state index is 2.35. The van der Waals surface area contributed by atoms with E-state index in [-0.39, 0.29) is 0 Å². The lowest BCUT2D eigenvalue weighted by Gasteiger charge is -2.58. The summed E-state index contributed by atoms with van der Waals surface area (Å²) in [5, 5.41) is 0. The van der Waals surface area contributed by atoms with Gasteiger partial charge in [0.25, 0.3) is 0 Å². The van der Waals surface area contributed by atoms with Gasteiger partial charge in [0.15, 0.2) is 0 Å². The molecule has 0 heterocycles. The van der Waals surface area contributed by atoms with E-state index in [2.05, 4.69) is 13.8 Å². The van der Waals surface area contributed by atoms with Crippen molar-refractivity contribution in [2.75, 3.05) is 0 Å². The van der Waals surface area contributed by atoms with Gasteiger partial charge in [0.05, 0.1) is 0 Å². The van der Waals surface area contributed by atoms with E-state index in [1.165, 1.54) is 51.4 Å². The molecule has 0 amide bonds. The van der Waals surface area contributed by atoms with Gasteiger partial charge in [-0.25, -0.2) is 0 Å². The average molecular weight is 429 g/mol. The summed E-state index contributed by atoms with van der Waals surface area (Å²) in [6.45, 7) is 4.70. The van der Waals surface area contributed by atoms with E-state index < -0.39 is 0 Å². The monoisotopic (exact) mass is 428 g/mol. The molecule has 5 aliphatic carbocycles. The van der Waals surface area contributed by atoms with Crippen LogP contribution in [-0.2, 0) is 0 Å². The highest BCUT2D eigenvalue weighted by atomic mass is 14.6. The summed E-state index contributed by atoms with van der Waals surface area (Å²) in [7, 11) is 0. The van der Waals surface area contributed by atoms with Gasteiger partial charge < -0.3 is 0 Å². The predicted octanol–water partition coefficient (Wildman–Crippen LogP) is 10.5. The average Bonchev–Trinajstić information content (AvgIpc) is 2.84. The summed E-state index contributed by atoms with van der Waals surface area (Å²) in [5.74, 6) is 4.40. The smallest absolute Gasteiger partial charge is 0.0269 e. The van der Waals surface area contributed by atoms with Gasteiger partial charge in [-0.1, -0.05) is 78.1 Å². The third kappa shape index (κ3) is 5.93. The van der Waals surface area contributed by atoms with Gasteiger partial charge in [0.2, 0.25) is 0 Å². The second-order valence-corrected chi connectivity index (χ2v) is 13.1. The highest BCUT2D eigenvalue weighted by molar-refractivity contribution is 5.03. The van der Waals surface area contributed by atoms with Crippen molar-refractivity contribution in [3.8, 4) is 0 Å². The highest BCUT2D eigenvalue weighted by Crippen LogP contribution is 2.63. The number of fused-ring (bicyclic) bond motifs is 3. The molecule has 0 radical (unpaired) electrons. The third-order valence-corrected chi connectivity index (χ3v) is 11.4. The van der Waals surface area contributed by atoms with E-state index in [0.29, 0.717) is 0 Å². The first-order chi connectivity index (χ1) is 15.2. The minimum atomic E-state index is 0.794. The molecule has 5 fully saturated rings. The molecule has 2 bridgehead atoms. The highest BCUT2D eigenvalue weighted by Gasteiger charge is 2.51. The first-order valence-corrected chi connectivity index (χ1v) is 15.2. The van der Waals surface area contributed by atoms with Crippen LogP contribution in [0.1, 0.15) is 162 Å². The molecule has 5 aliphatic rings. The van der Waals surface area contributed by atoms with Crippen LogP contribution >= 0.6 is 0 Å². The molecule has 0 spiro atoms. The predicted molar refractivity (Wildman–Crippen MR) is 136 cm³/mol. The molecule has 0 aromatic heterocycles. The largest absolute Gasteiger partial charge is 0.0654 e. The molecule has 0 atom stereocenters. The van der Waals surface area contributed by atoms with Crippen molar-refractivity contribution in [3.63, 3.8) is 0 Å². The first-order valence-electron chi connectivity index (χ1n) is 15.2. The Kier molecular flexibility index (Phi) is 8.89. The van der Waals surface area contributed by atoms with Crippen LogP contribution in [0.4, 0.5) is 0 Å².